The van der Waals surface area contributed by atoms with E-state index in [2.05, 4.69) is 5.32 Å². The van der Waals surface area contributed by atoms with Gasteiger partial charge in [-0.2, -0.15) is 0 Å². The largest absolute Gasteiger partial charge is 0.506 e. The van der Waals surface area contributed by atoms with Crippen molar-refractivity contribution < 1.29 is 23.5 Å². The van der Waals surface area contributed by atoms with Crippen molar-refractivity contribution in [2.24, 2.45) is 5.73 Å². The van der Waals surface area contributed by atoms with E-state index >= 15 is 0 Å². The third-order valence-electron chi connectivity index (χ3n) is 3.43. The smallest absolute Gasteiger partial charge is 0.259 e. The Kier molecular flexibility index (Phi) is 4.32. The fourth-order valence-electron chi connectivity index (χ4n) is 2.29. The van der Waals surface area contributed by atoms with Crippen LogP contribution < -0.4 is 11.1 Å². The second-order valence-corrected chi connectivity index (χ2v) is 6.42. The molecule has 1 aromatic heterocycles. The fraction of sp³-hybridized carbons (Fsp3) is 0. The summed E-state index contributed by atoms with van der Waals surface area (Å²) in [5, 5.41) is 12.4. The van der Waals surface area contributed by atoms with Crippen LogP contribution in [0.1, 0.15) is 20.7 Å². The first-order valence-electron chi connectivity index (χ1n) is 6.79. The number of thiophene rings is 1. The Morgan fingerprint density at radius 3 is 2.56 bits per heavy atom. The average molecular weight is 383 g/mol. The van der Waals surface area contributed by atoms with Crippen molar-refractivity contribution in [2.75, 3.05) is 5.32 Å². The number of halogens is 3. The normalized spacial score (nSPS) is 10.8. The molecule has 9 heteroatoms. The molecule has 2 amide bonds. The quantitative estimate of drug-likeness (QED) is 0.641. The number of carbonyl (C=O) groups is 2. The number of fused-ring (bicyclic) bond motifs is 1. The number of rotatable bonds is 3. The predicted octanol–water partition coefficient (Wildman–Crippen LogP) is 3.89. The van der Waals surface area contributed by atoms with E-state index in [4.69, 9.17) is 17.3 Å². The van der Waals surface area contributed by atoms with Crippen LogP contribution in [0.4, 0.5) is 13.8 Å². The zero-order chi connectivity index (χ0) is 18.3. The molecule has 0 aliphatic rings. The van der Waals surface area contributed by atoms with Gasteiger partial charge in [0, 0.05) is 11.5 Å². The summed E-state index contributed by atoms with van der Waals surface area (Å²) < 4.78 is 27.0. The molecule has 3 rings (SSSR count). The van der Waals surface area contributed by atoms with Gasteiger partial charge in [0.25, 0.3) is 11.8 Å². The lowest BCUT2D eigenvalue weighted by atomic mass is 10.1. The standard InChI is InChI=1S/C16H9ClF2N2O3S/c17-12-10(22)4-3-8-11(14(20)23)16(25-13(8)12)21-15(24)7-2-1-6(18)5-9(7)19/h1-5,22H,(H2,20,23)(H,21,24). The summed E-state index contributed by atoms with van der Waals surface area (Å²) in [5.41, 5.74) is 4.95. The Morgan fingerprint density at radius 1 is 1.20 bits per heavy atom. The maximum absolute atomic E-state index is 13.7. The number of anilines is 1. The monoisotopic (exact) mass is 382 g/mol. The number of amides is 2. The van der Waals surface area contributed by atoms with Crippen molar-refractivity contribution in [3.8, 4) is 5.75 Å². The summed E-state index contributed by atoms with van der Waals surface area (Å²) in [6.45, 7) is 0. The highest BCUT2D eigenvalue weighted by Crippen LogP contribution is 2.43. The molecule has 0 unspecified atom stereocenters. The van der Waals surface area contributed by atoms with E-state index in [1.165, 1.54) is 12.1 Å². The molecule has 0 aliphatic carbocycles. The van der Waals surface area contributed by atoms with Gasteiger partial charge in [0.15, 0.2) is 0 Å². The van der Waals surface area contributed by atoms with E-state index < -0.39 is 29.0 Å². The van der Waals surface area contributed by atoms with Crippen LogP contribution in [0.15, 0.2) is 30.3 Å². The van der Waals surface area contributed by atoms with Crippen LogP contribution in [0.2, 0.25) is 5.02 Å². The Hall–Kier alpha value is -2.71. The molecule has 128 valence electrons. The molecule has 0 bridgehead atoms. The zero-order valence-corrected chi connectivity index (χ0v) is 13.8. The molecule has 0 saturated carbocycles. The molecule has 0 aliphatic heterocycles. The Bertz CT molecular complexity index is 1040. The van der Waals surface area contributed by atoms with E-state index in [9.17, 15) is 23.5 Å². The second kappa shape index (κ2) is 6.30. The van der Waals surface area contributed by atoms with E-state index in [1.54, 1.807) is 0 Å². The van der Waals surface area contributed by atoms with Gasteiger partial charge in [-0.05, 0) is 24.3 Å². The predicted molar refractivity (Wildman–Crippen MR) is 91.3 cm³/mol. The van der Waals surface area contributed by atoms with Gasteiger partial charge in [0.1, 0.15) is 27.4 Å². The summed E-state index contributed by atoms with van der Waals surface area (Å²) in [4.78, 5) is 24.0. The van der Waals surface area contributed by atoms with Crippen molar-refractivity contribution >= 4 is 49.8 Å². The minimum atomic E-state index is -1.05. The van der Waals surface area contributed by atoms with Crippen molar-refractivity contribution in [2.45, 2.75) is 0 Å². The zero-order valence-electron chi connectivity index (χ0n) is 12.3. The number of phenolic OH excluding ortho intramolecular Hbond substituents is 1. The van der Waals surface area contributed by atoms with E-state index in [1.807, 2.05) is 0 Å². The highest BCUT2D eigenvalue weighted by molar-refractivity contribution is 7.24. The molecule has 25 heavy (non-hydrogen) atoms. The maximum Gasteiger partial charge on any atom is 0.259 e. The van der Waals surface area contributed by atoms with Gasteiger partial charge in [-0.1, -0.05) is 11.6 Å². The number of nitrogens with two attached hydrogens (primary N) is 1. The molecule has 5 nitrogen and oxygen atoms in total. The number of hydrogen-bond acceptors (Lipinski definition) is 4. The van der Waals surface area contributed by atoms with Gasteiger partial charge >= 0.3 is 0 Å². The van der Waals surface area contributed by atoms with Crippen molar-refractivity contribution in [1.29, 1.82) is 0 Å². The Balaban J connectivity index is 2.09. The second-order valence-electron chi connectivity index (χ2n) is 5.02. The van der Waals surface area contributed by atoms with Crippen LogP contribution >= 0.6 is 22.9 Å². The van der Waals surface area contributed by atoms with Crippen molar-refractivity contribution in [1.82, 2.24) is 0 Å². The minimum Gasteiger partial charge on any atom is -0.506 e. The van der Waals surface area contributed by atoms with Crippen LogP contribution in [0.5, 0.6) is 5.75 Å². The summed E-state index contributed by atoms with van der Waals surface area (Å²) >= 11 is 6.91. The summed E-state index contributed by atoms with van der Waals surface area (Å²) in [7, 11) is 0. The van der Waals surface area contributed by atoms with Crippen molar-refractivity contribution in [3.05, 3.63) is 58.1 Å². The Morgan fingerprint density at radius 2 is 1.92 bits per heavy atom. The fourth-order valence-corrected chi connectivity index (χ4v) is 3.71. The van der Waals surface area contributed by atoms with E-state index in [0.717, 1.165) is 23.5 Å². The molecule has 0 atom stereocenters. The number of hydrogen-bond donors (Lipinski definition) is 3. The lowest BCUT2D eigenvalue weighted by Gasteiger charge is -2.06. The lowest BCUT2D eigenvalue weighted by Crippen LogP contribution is -2.17. The number of benzene rings is 2. The van der Waals surface area contributed by atoms with Crippen molar-refractivity contribution in [3.63, 3.8) is 0 Å². The summed E-state index contributed by atoms with van der Waals surface area (Å²) in [6.07, 6.45) is 0. The number of aromatic hydroxyl groups is 1. The molecule has 3 aromatic rings. The SMILES string of the molecule is NC(=O)c1c(NC(=O)c2ccc(F)cc2F)sc2c(Cl)c(O)ccc12. The molecule has 2 aromatic carbocycles. The average Bonchev–Trinajstić information content (AvgIpc) is 2.89. The molecule has 1 heterocycles. The highest BCUT2D eigenvalue weighted by atomic mass is 35.5. The van der Waals surface area contributed by atoms with Crippen LogP contribution in [-0.4, -0.2) is 16.9 Å². The van der Waals surface area contributed by atoms with Gasteiger partial charge in [-0.25, -0.2) is 8.78 Å². The molecule has 0 fully saturated rings. The Labute approximate surface area is 148 Å². The minimum absolute atomic E-state index is 0.00142. The number of primary amides is 1. The van der Waals surface area contributed by atoms with Gasteiger partial charge in [-0.15, -0.1) is 11.3 Å². The number of phenols is 1. The van der Waals surface area contributed by atoms with Crippen LogP contribution in [0.3, 0.4) is 0 Å². The van der Waals surface area contributed by atoms with Gasteiger partial charge in [-0.3, -0.25) is 9.59 Å². The summed E-state index contributed by atoms with van der Waals surface area (Å²) in [5.74, 6) is -3.78. The van der Waals surface area contributed by atoms with E-state index in [-0.39, 0.29) is 21.3 Å². The summed E-state index contributed by atoms with van der Waals surface area (Å²) in [6, 6.07) is 5.21. The maximum atomic E-state index is 13.7. The van der Waals surface area contributed by atoms with Gasteiger partial charge in [0.05, 0.1) is 15.8 Å². The highest BCUT2D eigenvalue weighted by Gasteiger charge is 2.22. The lowest BCUT2D eigenvalue weighted by molar-refractivity contribution is 0.100. The molecule has 0 spiro atoms. The molecule has 4 N–H and O–H groups in total. The molecule has 0 radical (unpaired) electrons. The molecule has 0 saturated heterocycles. The first kappa shape index (κ1) is 17.1. The van der Waals surface area contributed by atoms with E-state index in [0.29, 0.717) is 16.2 Å². The first-order valence-corrected chi connectivity index (χ1v) is 7.99. The van der Waals surface area contributed by atoms with Gasteiger partial charge in [0.2, 0.25) is 0 Å². The first-order chi connectivity index (χ1) is 11.8. The van der Waals surface area contributed by atoms with Crippen LogP contribution in [-0.2, 0) is 0 Å². The molecular weight excluding hydrogens is 374 g/mol. The van der Waals surface area contributed by atoms with Gasteiger partial charge < -0.3 is 16.2 Å². The molecular formula is C16H9ClF2N2O3S. The number of nitrogens with one attached hydrogen (secondary N) is 1. The van der Waals surface area contributed by atoms with Crippen LogP contribution in [0.25, 0.3) is 10.1 Å². The van der Waals surface area contributed by atoms with Crippen LogP contribution in [0, 0.1) is 11.6 Å². The third-order valence-corrected chi connectivity index (χ3v) is 5.06. The number of carbonyl (C=O) groups excluding carboxylic acids is 2. The third kappa shape index (κ3) is 3.01. The topological polar surface area (TPSA) is 92.4 Å².